The summed E-state index contributed by atoms with van der Waals surface area (Å²) in [5.74, 6) is 0. The Kier molecular flexibility index (Phi) is 5.44. The van der Waals surface area contributed by atoms with Crippen molar-refractivity contribution in [1.82, 2.24) is 4.90 Å². The molecule has 0 saturated carbocycles. The van der Waals surface area contributed by atoms with Crippen molar-refractivity contribution in [3.8, 4) is 0 Å². The van der Waals surface area contributed by atoms with Gasteiger partial charge in [-0.3, -0.25) is 0 Å². The van der Waals surface area contributed by atoms with Gasteiger partial charge in [0, 0.05) is 7.05 Å². The number of halogens is 3. The van der Waals surface area contributed by atoms with E-state index in [1.165, 1.54) is 0 Å². The first-order valence-electron chi connectivity index (χ1n) is 2.98. The molecule has 1 nitrogen and oxygen atoms in total. The predicted molar refractivity (Wildman–Crippen MR) is 55.2 cm³/mol. The zero-order valence-corrected chi connectivity index (χ0v) is 9.28. The smallest absolute Gasteiger partial charge is 0.142 e. The molecule has 0 aliphatic carbocycles. The summed E-state index contributed by atoms with van der Waals surface area (Å²) in [5, 5.41) is 0.264. The molecule has 0 aromatic rings. The SMILES string of the molecule is CCC(=S)N(C)C(Cl)=C(Cl)Cl. The van der Waals surface area contributed by atoms with Gasteiger partial charge in [0.15, 0.2) is 0 Å². The van der Waals surface area contributed by atoms with E-state index in [9.17, 15) is 0 Å². The van der Waals surface area contributed by atoms with Crippen LogP contribution in [-0.4, -0.2) is 16.9 Å². The molecule has 0 radical (unpaired) electrons. The molecule has 0 amide bonds. The standard InChI is InChI=1S/C6H8Cl3NS/c1-3-4(11)10(2)6(9)5(7)8/h3H2,1-2H3. The fourth-order valence-electron chi connectivity index (χ4n) is 0.473. The lowest BCUT2D eigenvalue weighted by atomic mass is 10.4. The topological polar surface area (TPSA) is 3.24 Å². The van der Waals surface area contributed by atoms with Crippen LogP contribution in [0.3, 0.4) is 0 Å². The Morgan fingerprint density at radius 3 is 2.09 bits per heavy atom. The summed E-state index contributed by atoms with van der Waals surface area (Å²) in [6.07, 6.45) is 0.739. The van der Waals surface area contributed by atoms with Crippen LogP contribution in [0.4, 0.5) is 0 Å². The molecule has 0 saturated heterocycles. The largest absolute Gasteiger partial charge is 0.328 e. The van der Waals surface area contributed by atoms with E-state index in [-0.39, 0.29) is 9.65 Å². The van der Waals surface area contributed by atoms with Crippen molar-refractivity contribution in [1.29, 1.82) is 0 Å². The van der Waals surface area contributed by atoms with E-state index < -0.39 is 0 Å². The summed E-state index contributed by atoms with van der Waals surface area (Å²) in [7, 11) is 1.72. The van der Waals surface area contributed by atoms with Crippen LogP contribution < -0.4 is 0 Å². The minimum atomic E-state index is 0.0324. The van der Waals surface area contributed by atoms with Gasteiger partial charge in [-0.2, -0.15) is 0 Å². The van der Waals surface area contributed by atoms with Crippen LogP contribution in [0.15, 0.2) is 9.65 Å². The zero-order valence-electron chi connectivity index (χ0n) is 6.20. The van der Waals surface area contributed by atoms with E-state index in [0.717, 1.165) is 6.42 Å². The first-order chi connectivity index (χ1) is 5.00. The van der Waals surface area contributed by atoms with E-state index in [2.05, 4.69) is 0 Å². The molecule has 11 heavy (non-hydrogen) atoms. The number of hydrogen-bond donors (Lipinski definition) is 0. The number of hydrogen-bond acceptors (Lipinski definition) is 1. The van der Waals surface area contributed by atoms with Gasteiger partial charge in [0.05, 0.1) is 4.99 Å². The molecule has 0 aromatic carbocycles. The average molecular weight is 233 g/mol. The van der Waals surface area contributed by atoms with Gasteiger partial charge in [-0.15, -0.1) is 0 Å². The summed E-state index contributed by atoms with van der Waals surface area (Å²) < 4.78 is 0.0324. The molecule has 0 N–H and O–H groups in total. The van der Waals surface area contributed by atoms with Crippen molar-refractivity contribution in [2.45, 2.75) is 13.3 Å². The van der Waals surface area contributed by atoms with E-state index in [1.807, 2.05) is 6.92 Å². The molecular formula is C6H8Cl3NS. The van der Waals surface area contributed by atoms with Crippen molar-refractivity contribution < 1.29 is 0 Å². The Morgan fingerprint density at radius 2 is 1.82 bits per heavy atom. The van der Waals surface area contributed by atoms with E-state index in [0.29, 0.717) is 4.99 Å². The van der Waals surface area contributed by atoms with Crippen molar-refractivity contribution in [2.24, 2.45) is 0 Å². The Bertz CT molecular complexity index is 186. The summed E-state index contributed by atoms with van der Waals surface area (Å²) in [6, 6.07) is 0. The van der Waals surface area contributed by atoms with Gasteiger partial charge in [-0.25, -0.2) is 0 Å². The third kappa shape index (κ3) is 3.61. The Hall–Kier alpha value is 0.500. The fourth-order valence-corrected chi connectivity index (χ4v) is 0.970. The molecule has 0 aliphatic rings. The molecule has 0 heterocycles. The molecule has 0 spiro atoms. The second-order valence-electron chi connectivity index (χ2n) is 1.86. The summed E-state index contributed by atoms with van der Waals surface area (Å²) in [5.41, 5.74) is 0. The molecule has 0 unspecified atom stereocenters. The zero-order chi connectivity index (χ0) is 9.02. The average Bonchev–Trinajstić information content (AvgIpc) is 2.00. The Balaban J connectivity index is 4.37. The lowest BCUT2D eigenvalue weighted by Gasteiger charge is -2.17. The maximum Gasteiger partial charge on any atom is 0.142 e. The van der Waals surface area contributed by atoms with Crippen LogP contribution in [0, 0.1) is 0 Å². The summed E-state index contributed by atoms with van der Waals surface area (Å²) in [6.45, 7) is 1.94. The lowest BCUT2D eigenvalue weighted by Crippen LogP contribution is -2.21. The summed E-state index contributed by atoms with van der Waals surface area (Å²) in [4.78, 5) is 2.28. The van der Waals surface area contributed by atoms with Crippen molar-refractivity contribution in [3.05, 3.63) is 9.65 Å². The minimum Gasteiger partial charge on any atom is -0.328 e. The van der Waals surface area contributed by atoms with Crippen LogP contribution in [0.1, 0.15) is 13.3 Å². The molecule has 0 atom stereocenters. The minimum absolute atomic E-state index is 0.0324. The van der Waals surface area contributed by atoms with Gasteiger partial charge in [-0.1, -0.05) is 53.9 Å². The van der Waals surface area contributed by atoms with Gasteiger partial charge < -0.3 is 4.90 Å². The predicted octanol–water partition coefficient (Wildman–Crippen LogP) is 3.50. The molecule has 5 heteroatoms. The first-order valence-corrected chi connectivity index (χ1v) is 4.52. The van der Waals surface area contributed by atoms with Gasteiger partial charge in [0.25, 0.3) is 0 Å². The number of nitrogens with zero attached hydrogens (tertiary/aromatic N) is 1. The van der Waals surface area contributed by atoms with E-state index in [4.69, 9.17) is 47.0 Å². The fraction of sp³-hybridized carbons (Fsp3) is 0.500. The maximum absolute atomic E-state index is 5.69. The van der Waals surface area contributed by atoms with Crippen molar-refractivity contribution >= 4 is 52.0 Å². The summed E-state index contributed by atoms with van der Waals surface area (Å²) >= 11 is 21.5. The molecular weight excluding hydrogens is 224 g/mol. The normalized spacial score (nSPS) is 9.18. The monoisotopic (exact) mass is 231 g/mol. The molecule has 0 aliphatic heterocycles. The van der Waals surface area contributed by atoms with Crippen LogP contribution in [0.25, 0.3) is 0 Å². The Labute approximate surface area is 86.9 Å². The van der Waals surface area contributed by atoms with Crippen LogP contribution in [0.5, 0.6) is 0 Å². The van der Waals surface area contributed by atoms with Crippen LogP contribution in [0.2, 0.25) is 0 Å². The van der Waals surface area contributed by atoms with E-state index in [1.54, 1.807) is 11.9 Å². The third-order valence-corrected chi connectivity index (χ3v) is 2.68. The van der Waals surface area contributed by atoms with Crippen molar-refractivity contribution in [3.63, 3.8) is 0 Å². The molecule has 0 rings (SSSR count). The highest BCUT2D eigenvalue weighted by molar-refractivity contribution is 7.80. The number of thiocarbonyl (C=S) groups is 1. The van der Waals surface area contributed by atoms with Crippen LogP contribution in [-0.2, 0) is 0 Å². The second kappa shape index (κ2) is 5.20. The van der Waals surface area contributed by atoms with Gasteiger partial charge in [0.1, 0.15) is 9.65 Å². The molecule has 0 fully saturated rings. The van der Waals surface area contributed by atoms with Crippen LogP contribution >= 0.6 is 47.0 Å². The molecule has 0 bridgehead atoms. The van der Waals surface area contributed by atoms with Gasteiger partial charge >= 0.3 is 0 Å². The first kappa shape index (κ1) is 11.5. The highest BCUT2D eigenvalue weighted by Gasteiger charge is 2.08. The molecule has 0 aromatic heterocycles. The van der Waals surface area contributed by atoms with Gasteiger partial charge in [-0.05, 0) is 6.42 Å². The highest BCUT2D eigenvalue weighted by Crippen LogP contribution is 2.21. The number of rotatable bonds is 2. The third-order valence-electron chi connectivity index (χ3n) is 1.13. The van der Waals surface area contributed by atoms with E-state index >= 15 is 0 Å². The lowest BCUT2D eigenvalue weighted by molar-refractivity contribution is 0.667. The maximum atomic E-state index is 5.69. The van der Waals surface area contributed by atoms with Crippen molar-refractivity contribution in [2.75, 3.05) is 7.05 Å². The highest BCUT2D eigenvalue weighted by atomic mass is 35.5. The van der Waals surface area contributed by atoms with Gasteiger partial charge in [0.2, 0.25) is 0 Å². The quantitative estimate of drug-likeness (QED) is 0.530. The second-order valence-corrected chi connectivity index (χ2v) is 3.64. The Morgan fingerprint density at radius 1 is 1.36 bits per heavy atom. The molecule has 64 valence electrons.